The molecular weight excluding hydrogens is 465 g/mol. The zero-order chi connectivity index (χ0) is 24.9. The minimum absolute atomic E-state index is 0.0341. The molecule has 1 atom stereocenters. The number of fused-ring (bicyclic) bond motifs is 1. The topological polar surface area (TPSA) is 56.7 Å². The Balaban J connectivity index is 1.59. The van der Waals surface area contributed by atoms with Crippen LogP contribution >= 0.6 is 11.6 Å². The highest BCUT2D eigenvalue weighted by Crippen LogP contribution is 2.41. The quantitative estimate of drug-likeness (QED) is 0.415. The van der Waals surface area contributed by atoms with E-state index in [0.29, 0.717) is 23.1 Å². The molecule has 1 unspecified atom stereocenters. The predicted molar refractivity (Wildman–Crippen MR) is 139 cm³/mol. The Morgan fingerprint density at radius 2 is 1.86 bits per heavy atom. The number of pyridine rings is 1. The number of carbonyl (C=O) groups excluding carboxylic acids is 1. The number of anilines is 1. The van der Waals surface area contributed by atoms with Gasteiger partial charge in [0, 0.05) is 36.6 Å². The van der Waals surface area contributed by atoms with Crippen LogP contribution in [0.5, 0.6) is 5.75 Å². The van der Waals surface area contributed by atoms with E-state index in [1.807, 2.05) is 18.2 Å². The lowest BCUT2D eigenvalue weighted by Gasteiger charge is -2.39. The number of Topliss-reactive ketones (excluding diaryl/α,β-unsaturated/α-hetero) is 1. The second-order valence-electron chi connectivity index (χ2n) is 10.2. The van der Waals surface area contributed by atoms with Crippen molar-refractivity contribution in [2.45, 2.75) is 38.6 Å². The van der Waals surface area contributed by atoms with Crippen LogP contribution in [0.25, 0.3) is 22.0 Å². The molecule has 0 bridgehead atoms. The summed E-state index contributed by atoms with van der Waals surface area (Å²) < 4.78 is 14.2. The van der Waals surface area contributed by atoms with Gasteiger partial charge in [0.25, 0.3) is 0 Å². The molecule has 7 heteroatoms. The van der Waals surface area contributed by atoms with Crippen molar-refractivity contribution in [3.63, 3.8) is 0 Å². The number of aromatic hydroxyl groups is 1. The van der Waals surface area contributed by atoms with Crippen LogP contribution in [-0.4, -0.2) is 54.0 Å². The number of benzene rings is 2. The Morgan fingerprint density at radius 3 is 2.49 bits per heavy atom. The highest BCUT2D eigenvalue weighted by atomic mass is 35.5. The minimum Gasteiger partial charge on any atom is -0.504 e. The van der Waals surface area contributed by atoms with Gasteiger partial charge < -0.3 is 14.9 Å². The number of carbonyl (C=O) groups is 1. The Labute approximate surface area is 210 Å². The smallest absolute Gasteiger partial charge is 0.170 e. The highest BCUT2D eigenvalue weighted by molar-refractivity contribution is 6.32. The van der Waals surface area contributed by atoms with Gasteiger partial charge in [-0.05, 0) is 88.0 Å². The van der Waals surface area contributed by atoms with E-state index in [-0.39, 0.29) is 16.7 Å². The van der Waals surface area contributed by atoms with Crippen molar-refractivity contribution in [1.29, 1.82) is 0 Å². The first-order chi connectivity index (χ1) is 16.7. The molecule has 35 heavy (non-hydrogen) atoms. The van der Waals surface area contributed by atoms with Crippen molar-refractivity contribution in [3.8, 4) is 16.9 Å². The second kappa shape index (κ2) is 9.40. The second-order valence-corrected chi connectivity index (χ2v) is 10.6. The lowest BCUT2D eigenvalue weighted by atomic mass is 9.88. The average molecular weight is 496 g/mol. The Bertz CT molecular complexity index is 1260. The van der Waals surface area contributed by atoms with E-state index >= 15 is 0 Å². The summed E-state index contributed by atoms with van der Waals surface area (Å²) in [6, 6.07) is 9.08. The van der Waals surface area contributed by atoms with Crippen molar-refractivity contribution in [1.82, 2.24) is 9.88 Å². The standard InChI is InChI=1S/C28H31ClFN3O2/c1-16(32(2)3)17-8-10-33(11-9-17)26-21-12-19(20-13-23(29)28(35)24(30)14-20)6-7-25(21)31-15-22(26)27(34)18-4-5-18/h6-7,12-18,35H,4-5,8-11H2,1-3H3. The Kier molecular flexibility index (Phi) is 6.45. The maximum atomic E-state index is 14.2. The summed E-state index contributed by atoms with van der Waals surface area (Å²) in [6.07, 6.45) is 5.72. The van der Waals surface area contributed by atoms with Gasteiger partial charge in [-0.25, -0.2) is 4.39 Å². The molecule has 2 aromatic carbocycles. The number of hydrogen-bond donors (Lipinski definition) is 1. The average Bonchev–Trinajstić information content (AvgIpc) is 3.71. The summed E-state index contributed by atoms with van der Waals surface area (Å²) in [5.41, 5.74) is 3.75. The lowest BCUT2D eigenvalue weighted by molar-refractivity contribution is 0.0967. The van der Waals surface area contributed by atoms with Gasteiger partial charge in [-0.1, -0.05) is 17.7 Å². The molecule has 1 saturated heterocycles. The number of ketones is 1. The van der Waals surface area contributed by atoms with Gasteiger partial charge in [0.05, 0.1) is 21.8 Å². The van der Waals surface area contributed by atoms with Crippen LogP contribution in [0.4, 0.5) is 10.1 Å². The number of phenols is 1. The number of halogens is 2. The molecule has 3 aromatic rings. The summed E-state index contributed by atoms with van der Waals surface area (Å²) in [7, 11) is 4.25. The molecule has 0 radical (unpaired) electrons. The van der Waals surface area contributed by atoms with E-state index in [0.717, 1.165) is 60.9 Å². The number of phenolic OH excluding ortho intramolecular Hbond substituents is 1. The maximum absolute atomic E-state index is 14.2. The van der Waals surface area contributed by atoms with Crippen molar-refractivity contribution < 1.29 is 14.3 Å². The maximum Gasteiger partial charge on any atom is 0.170 e. The van der Waals surface area contributed by atoms with Gasteiger partial charge in [0.15, 0.2) is 17.3 Å². The fourth-order valence-corrected chi connectivity index (χ4v) is 5.41. The third-order valence-electron chi connectivity index (χ3n) is 7.76. The summed E-state index contributed by atoms with van der Waals surface area (Å²) >= 11 is 6.05. The van der Waals surface area contributed by atoms with Crippen LogP contribution in [-0.2, 0) is 0 Å². The normalized spacial score (nSPS) is 17.8. The number of nitrogens with zero attached hydrogens (tertiary/aromatic N) is 3. The fraction of sp³-hybridized carbons (Fsp3) is 0.429. The predicted octanol–water partition coefficient (Wildman–Crippen LogP) is 6.16. The van der Waals surface area contributed by atoms with Crippen LogP contribution in [0.2, 0.25) is 5.02 Å². The zero-order valence-corrected chi connectivity index (χ0v) is 21.1. The van der Waals surface area contributed by atoms with E-state index in [1.165, 1.54) is 6.07 Å². The van der Waals surface area contributed by atoms with Crippen LogP contribution < -0.4 is 4.90 Å². The first-order valence-corrected chi connectivity index (χ1v) is 12.7. The lowest BCUT2D eigenvalue weighted by Crippen LogP contribution is -2.42. The zero-order valence-electron chi connectivity index (χ0n) is 20.4. The van der Waals surface area contributed by atoms with E-state index in [4.69, 9.17) is 11.6 Å². The molecule has 1 aromatic heterocycles. The van der Waals surface area contributed by atoms with Crippen LogP contribution in [0.1, 0.15) is 43.0 Å². The van der Waals surface area contributed by atoms with Crippen molar-refractivity contribution in [2.75, 3.05) is 32.1 Å². The summed E-state index contributed by atoms with van der Waals surface area (Å²) in [6.45, 7) is 4.02. The molecule has 1 aliphatic heterocycles. The van der Waals surface area contributed by atoms with Crippen LogP contribution in [0.15, 0.2) is 36.5 Å². The van der Waals surface area contributed by atoms with Crippen molar-refractivity contribution in [2.24, 2.45) is 11.8 Å². The number of rotatable bonds is 6. The highest BCUT2D eigenvalue weighted by Gasteiger charge is 2.35. The van der Waals surface area contributed by atoms with Crippen LogP contribution in [0, 0.1) is 17.7 Å². The minimum atomic E-state index is -0.763. The molecule has 5 rings (SSSR count). The van der Waals surface area contributed by atoms with Crippen molar-refractivity contribution in [3.05, 3.63) is 52.9 Å². The number of aromatic nitrogens is 1. The Hall–Kier alpha value is -2.70. The van der Waals surface area contributed by atoms with Crippen LogP contribution in [0.3, 0.4) is 0 Å². The molecule has 2 fully saturated rings. The molecule has 1 saturated carbocycles. The Morgan fingerprint density at radius 1 is 1.14 bits per heavy atom. The van der Waals surface area contributed by atoms with Gasteiger partial charge in [0.1, 0.15) is 0 Å². The molecule has 2 heterocycles. The largest absolute Gasteiger partial charge is 0.504 e. The first kappa shape index (κ1) is 24.0. The van der Waals surface area contributed by atoms with Gasteiger partial charge in [-0.2, -0.15) is 0 Å². The molecule has 5 nitrogen and oxygen atoms in total. The summed E-state index contributed by atoms with van der Waals surface area (Å²) in [5.74, 6) is -0.448. The molecule has 0 spiro atoms. The summed E-state index contributed by atoms with van der Waals surface area (Å²) in [5, 5.41) is 10.6. The molecule has 1 aliphatic carbocycles. The summed E-state index contributed by atoms with van der Waals surface area (Å²) in [4.78, 5) is 22.5. The van der Waals surface area contributed by atoms with Gasteiger partial charge in [-0.3, -0.25) is 9.78 Å². The van der Waals surface area contributed by atoms with E-state index < -0.39 is 11.6 Å². The SMILES string of the molecule is CC(C1CCN(c2c(C(=O)C3CC3)cnc3ccc(-c4cc(F)c(O)c(Cl)c4)cc23)CC1)N(C)C. The third-order valence-corrected chi connectivity index (χ3v) is 8.04. The third kappa shape index (κ3) is 4.62. The number of hydrogen-bond acceptors (Lipinski definition) is 5. The fourth-order valence-electron chi connectivity index (χ4n) is 5.20. The monoisotopic (exact) mass is 495 g/mol. The van der Waals surface area contributed by atoms with Gasteiger partial charge in [0.2, 0.25) is 0 Å². The molecule has 0 amide bonds. The van der Waals surface area contributed by atoms with Gasteiger partial charge >= 0.3 is 0 Å². The van der Waals surface area contributed by atoms with E-state index in [1.54, 1.807) is 12.3 Å². The van der Waals surface area contributed by atoms with E-state index in [9.17, 15) is 14.3 Å². The van der Waals surface area contributed by atoms with Crippen molar-refractivity contribution >= 4 is 34.0 Å². The first-order valence-electron chi connectivity index (χ1n) is 12.3. The number of piperidine rings is 1. The molecule has 1 N–H and O–H groups in total. The van der Waals surface area contributed by atoms with E-state index in [2.05, 4.69) is 35.8 Å². The molecular formula is C28H31ClFN3O2. The molecule has 184 valence electrons. The van der Waals surface area contributed by atoms with Gasteiger partial charge in [-0.15, -0.1) is 0 Å². The molecule has 2 aliphatic rings.